The van der Waals surface area contributed by atoms with Crippen LogP contribution in [-0.4, -0.2) is 38.1 Å². The van der Waals surface area contributed by atoms with Gasteiger partial charge in [-0.1, -0.05) is 12.1 Å². The fourth-order valence-electron chi connectivity index (χ4n) is 2.35. The lowest BCUT2D eigenvalue weighted by Gasteiger charge is -2.23. The molecule has 0 heterocycles. The molecule has 2 aromatic rings. The Bertz CT molecular complexity index is 611. The first-order valence-electron chi connectivity index (χ1n) is 8.37. The van der Waals surface area contributed by atoms with E-state index in [1.54, 1.807) is 12.1 Å². The molecule has 6 heteroatoms. The van der Waals surface area contributed by atoms with Crippen LogP contribution >= 0.6 is 0 Å². The van der Waals surface area contributed by atoms with Crippen molar-refractivity contribution in [2.45, 2.75) is 13.5 Å². The highest BCUT2D eigenvalue weighted by molar-refractivity contribution is 5.52. The van der Waals surface area contributed by atoms with Gasteiger partial charge in [0.1, 0.15) is 5.75 Å². The third-order valence-electron chi connectivity index (χ3n) is 3.64. The summed E-state index contributed by atoms with van der Waals surface area (Å²) in [5, 5.41) is 12.8. The standard InChI is InChI=1S/C18H24N4O.CH5N/c1-2-22(17-7-9-18(23)10-8-17)12-11-21-16-5-3-15(4-6-16)13-20-14-19;1-2/h3-10,14,21,23H,2,11-13H2,1H3,(H2,19,20);2H2,1H3. The van der Waals surface area contributed by atoms with E-state index in [9.17, 15) is 5.11 Å². The number of likely N-dealkylation sites (N-methyl/N-ethyl adjacent to an activating group) is 1. The average Bonchev–Trinajstić information content (AvgIpc) is 2.67. The number of hydrogen-bond acceptors (Lipinski definition) is 5. The van der Waals surface area contributed by atoms with Crippen molar-refractivity contribution in [2.24, 2.45) is 16.5 Å². The Morgan fingerprint density at radius 1 is 1.08 bits per heavy atom. The van der Waals surface area contributed by atoms with Crippen LogP contribution in [0.4, 0.5) is 11.4 Å². The molecule has 0 radical (unpaired) electrons. The number of rotatable bonds is 8. The number of phenolic OH excluding ortho intramolecular Hbond substituents is 1. The maximum Gasteiger partial charge on any atom is 0.115 e. The molecule has 136 valence electrons. The van der Waals surface area contributed by atoms with Gasteiger partial charge in [-0.3, -0.25) is 4.99 Å². The number of anilines is 2. The second kappa shape index (κ2) is 11.8. The quantitative estimate of drug-likeness (QED) is 0.436. The SMILES string of the molecule is CCN(CCNc1ccc(CN=CN)cc1)c1ccc(O)cc1.CN. The van der Waals surface area contributed by atoms with Crippen LogP contribution in [0.25, 0.3) is 0 Å². The van der Waals surface area contributed by atoms with Crippen LogP contribution in [0.1, 0.15) is 12.5 Å². The zero-order valence-electron chi connectivity index (χ0n) is 15.0. The molecular weight excluding hydrogens is 314 g/mol. The summed E-state index contributed by atoms with van der Waals surface area (Å²) in [5.41, 5.74) is 13.1. The molecule has 0 aromatic heterocycles. The Balaban J connectivity index is 0.00000151. The van der Waals surface area contributed by atoms with Gasteiger partial charge in [-0.15, -0.1) is 0 Å². The number of nitrogens with zero attached hydrogens (tertiary/aromatic N) is 2. The summed E-state index contributed by atoms with van der Waals surface area (Å²) in [6.45, 7) is 5.39. The van der Waals surface area contributed by atoms with Crippen LogP contribution in [0.2, 0.25) is 0 Å². The van der Waals surface area contributed by atoms with Gasteiger partial charge >= 0.3 is 0 Å². The van der Waals surface area contributed by atoms with Gasteiger partial charge < -0.3 is 26.8 Å². The van der Waals surface area contributed by atoms with Crippen LogP contribution in [0.3, 0.4) is 0 Å². The van der Waals surface area contributed by atoms with Crippen molar-refractivity contribution in [1.29, 1.82) is 0 Å². The third-order valence-corrected chi connectivity index (χ3v) is 3.64. The van der Waals surface area contributed by atoms with Gasteiger partial charge in [0.05, 0.1) is 12.9 Å². The topological polar surface area (TPSA) is 99.9 Å². The van der Waals surface area contributed by atoms with Crippen LogP contribution in [0.5, 0.6) is 5.75 Å². The lowest BCUT2D eigenvalue weighted by Crippen LogP contribution is -2.28. The fraction of sp³-hybridized carbons (Fsp3) is 0.316. The van der Waals surface area contributed by atoms with E-state index in [1.807, 2.05) is 24.3 Å². The number of nitrogens with two attached hydrogens (primary N) is 2. The second-order valence-corrected chi connectivity index (χ2v) is 5.21. The smallest absolute Gasteiger partial charge is 0.115 e. The molecule has 0 amide bonds. The third kappa shape index (κ3) is 7.14. The Hall–Kier alpha value is -2.73. The minimum atomic E-state index is 0.294. The van der Waals surface area contributed by atoms with E-state index in [2.05, 4.69) is 40.0 Å². The maximum atomic E-state index is 9.37. The summed E-state index contributed by atoms with van der Waals surface area (Å²) in [7, 11) is 1.50. The molecule has 6 N–H and O–H groups in total. The Morgan fingerprint density at radius 3 is 2.28 bits per heavy atom. The van der Waals surface area contributed by atoms with E-state index < -0.39 is 0 Å². The molecule has 0 spiro atoms. The van der Waals surface area contributed by atoms with E-state index in [0.717, 1.165) is 36.6 Å². The number of nitrogens with one attached hydrogen (secondary N) is 1. The highest BCUT2D eigenvalue weighted by atomic mass is 16.3. The molecule has 2 aromatic carbocycles. The lowest BCUT2D eigenvalue weighted by atomic mass is 10.2. The first-order chi connectivity index (χ1) is 12.2. The Kier molecular flexibility index (Phi) is 9.55. The summed E-state index contributed by atoms with van der Waals surface area (Å²) in [4.78, 5) is 6.28. The van der Waals surface area contributed by atoms with E-state index >= 15 is 0 Å². The zero-order valence-corrected chi connectivity index (χ0v) is 15.0. The van der Waals surface area contributed by atoms with Crippen molar-refractivity contribution in [3.63, 3.8) is 0 Å². The molecule has 2 rings (SSSR count). The number of hydrogen-bond donors (Lipinski definition) is 4. The van der Waals surface area contributed by atoms with Crippen molar-refractivity contribution >= 4 is 17.7 Å². The first kappa shape index (κ1) is 20.3. The van der Waals surface area contributed by atoms with Gasteiger partial charge in [-0.25, -0.2) is 0 Å². The highest BCUT2D eigenvalue weighted by Gasteiger charge is 2.04. The summed E-state index contributed by atoms with van der Waals surface area (Å²) in [5.74, 6) is 0.294. The van der Waals surface area contributed by atoms with Gasteiger partial charge in [0.25, 0.3) is 0 Å². The van der Waals surface area contributed by atoms with Gasteiger partial charge in [0.15, 0.2) is 0 Å². The second-order valence-electron chi connectivity index (χ2n) is 5.21. The number of benzene rings is 2. The van der Waals surface area contributed by atoms with Crippen molar-refractivity contribution in [1.82, 2.24) is 0 Å². The molecule has 0 atom stereocenters. The molecule has 0 aliphatic rings. The molecular formula is C19H29N5O. The summed E-state index contributed by atoms with van der Waals surface area (Å²) in [6, 6.07) is 15.5. The van der Waals surface area contributed by atoms with Crippen molar-refractivity contribution in [3.05, 3.63) is 54.1 Å². The van der Waals surface area contributed by atoms with Crippen LogP contribution < -0.4 is 21.7 Å². The highest BCUT2D eigenvalue weighted by Crippen LogP contribution is 2.18. The minimum Gasteiger partial charge on any atom is -0.508 e. The number of phenols is 1. The zero-order chi connectivity index (χ0) is 18.5. The number of aliphatic imine (C=N–C) groups is 1. The first-order valence-corrected chi connectivity index (χ1v) is 8.37. The van der Waals surface area contributed by atoms with Gasteiger partial charge in [0, 0.05) is 31.0 Å². The summed E-state index contributed by atoms with van der Waals surface area (Å²) >= 11 is 0. The molecule has 0 saturated carbocycles. The van der Waals surface area contributed by atoms with Crippen LogP contribution in [0.15, 0.2) is 53.5 Å². The molecule has 25 heavy (non-hydrogen) atoms. The van der Waals surface area contributed by atoms with Crippen molar-refractivity contribution in [3.8, 4) is 5.75 Å². The van der Waals surface area contributed by atoms with Crippen LogP contribution in [0, 0.1) is 0 Å². The van der Waals surface area contributed by atoms with Crippen molar-refractivity contribution in [2.75, 3.05) is 36.9 Å². The maximum absolute atomic E-state index is 9.37. The number of aromatic hydroxyl groups is 1. The predicted octanol–water partition coefficient (Wildman–Crippen LogP) is 2.39. The summed E-state index contributed by atoms with van der Waals surface area (Å²) < 4.78 is 0. The molecule has 0 unspecified atom stereocenters. The molecule has 6 nitrogen and oxygen atoms in total. The predicted molar refractivity (Wildman–Crippen MR) is 107 cm³/mol. The molecule has 0 bridgehead atoms. The van der Waals surface area contributed by atoms with E-state index in [-0.39, 0.29) is 0 Å². The van der Waals surface area contributed by atoms with E-state index in [1.165, 1.54) is 13.4 Å². The fourth-order valence-corrected chi connectivity index (χ4v) is 2.35. The van der Waals surface area contributed by atoms with Gasteiger partial charge in [-0.2, -0.15) is 0 Å². The average molecular weight is 343 g/mol. The Morgan fingerprint density at radius 2 is 1.72 bits per heavy atom. The molecule has 0 aliphatic heterocycles. The lowest BCUT2D eigenvalue weighted by molar-refractivity contribution is 0.475. The summed E-state index contributed by atoms with van der Waals surface area (Å²) in [6.07, 6.45) is 1.33. The molecule has 0 fully saturated rings. The van der Waals surface area contributed by atoms with Crippen molar-refractivity contribution < 1.29 is 5.11 Å². The molecule has 0 saturated heterocycles. The van der Waals surface area contributed by atoms with Gasteiger partial charge in [-0.05, 0) is 55.9 Å². The normalized spacial score (nSPS) is 10.2. The monoisotopic (exact) mass is 343 g/mol. The largest absolute Gasteiger partial charge is 0.508 e. The Labute approximate surface area is 150 Å². The van der Waals surface area contributed by atoms with Gasteiger partial charge in [0.2, 0.25) is 0 Å². The minimum absolute atomic E-state index is 0.294. The van der Waals surface area contributed by atoms with E-state index in [0.29, 0.717) is 12.3 Å². The molecule has 0 aliphatic carbocycles. The van der Waals surface area contributed by atoms with E-state index in [4.69, 9.17) is 5.73 Å². The van der Waals surface area contributed by atoms with Crippen LogP contribution in [-0.2, 0) is 6.54 Å².